The first-order valence-corrected chi connectivity index (χ1v) is 6.81. The smallest absolute Gasteiger partial charge is 0.219 e. The molecule has 1 aromatic rings. The van der Waals surface area contributed by atoms with Gasteiger partial charge in [0, 0.05) is 16.6 Å². The summed E-state index contributed by atoms with van der Waals surface area (Å²) in [5, 5.41) is 3.98. The molecule has 1 aromatic heterocycles. The predicted octanol–water partition coefficient (Wildman–Crippen LogP) is 0.953. The van der Waals surface area contributed by atoms with Gasteiger partial charge in [-0.3, -0.25) is 4.21 Å². The van der Waals surface area contributed by atoms with Crippen LogP contribution in [0.15, 0.2) is 11.2 Å². The predicted molar refractivity (Wildman–Crippen MR) is 63.8 cm³/mol. The highest BCUT2D eigenvalue weighted by Gasteiger charge is 2.23. The number of aryl methyl sites for hydroxylation is 2. The van der Waals surface area contributed by atoms with E-state index < -0.39 is 10.8 Å². The van der Waals surface area contributed by atoms with Gasteiger partial charge >= 0.3 is 0 Å². The molecule has 0 bridgehead atoms. The Kier molecular flexibility index (Phi) is 3.66. The van der Waals surface area contributed by atoms with E-state index in [0.29, 0.717) is 5.16 Å². The molecule has 1 saturated heterocycles. The van der Waals surface area contributed by atoms with Crippen LogP contribution in [-0.4, -0.2) is 32.5 Å². The Morgan fingerprint density at radius 1 is 1.25 bits per heavy atom. The maximum absolute atomic E-state index is 12.3. The molecule has 0 amide bonds. The molecule has 88 valence electrons. The fraction of sp³-hybridized carbons (Fsp3) is 0.636. The van der Waals surface area contributed by atoms with Crippen LogP contribution in [0.1, 0.15) is 24.2 Å². The lowest BCUT2D eigenvalue weighted by Crippen LogP contribution is -2.33. The molecule has 4 nitrogen and oxygen atoms in total. The summed E-state index contributed by atoms with van der Waals surface area (Å²) in [7, 11) is -1.05. The summed E-state index contributed by atoms with van der Waals surface area (Å²) in [6, 6.07) is 1.91. The van der Waals surface area contributed by atoms with Crippen LogP contribution >= 0.6 is 0 Å². The number of nitrogens with zero attached hydrogens (tertiary/aromatic N) is 2. The molecule has 16 heavy (non-hydrogen) atoms. The minimum Gasteiger partial charge on any atom is -0.317 e. The highest BCUT2D eigenvalue weighted by atomic mass is 32.2. The Morgan fingerprint density at radius 2 is 1.81 bits per heavy atom. The monoisotopic (exact) mass is 239 g/mol. The molecular formula is C11H17N3OS. The van der Waals surface area contributed by atoms with Gasteiger partial charge in [-0.15, -0.1) is 0 Å². The van der Waals surface area contributed by atoms with Crippen LogP contribution in [0.5, 0.6) is 0 Å². The van der Waals surface area contributed by atoms with Gasteiger partial charge in [0.25, 0.3) is 0 Å². The molecule has 5 heteroatoms. The van der Waals surface area contributed by atoms with Crippen molar-refractivity contribution in [2.75, 3.05) is 13.1 Å². The third-order valence-electron chi connectivity index (χ3n) is 2.73. The lowest BCUT2D eigenvalue weighted by Gasteiger charge is -2.21. The van der Waals surface area contributed by atoms with E-state index >= 15 is 0 Å². The van der Waals surface area contributed by atoms with Crippen molar-refractivity contribution in [1.82, 2.24) is 15.3 Å². The standard InChI is InChI=1S/C11H17N3OS/c1-8-7-9(2)14-11(13-8)16(15)10-3-5-12-6-4-10/h7,10,12H,3-6H2,1-2H3/t16-/m1/s1. The second-order valence-electron chi connectivity index (χ2n) is 4.18. The van der Waals surface area contributed by atoms with Crippen molar-refractivity contribution < 1.29 is 4.21 Å². The van der Waals surface area contributed by atoms with Gasteiger partial charge in [0.2, 0.25) is 5.16 Å². The van der Waals surface area contributed by atoms with Crippen molar-refractivity contribution in [2.24, 2.45) is 0 Å². The maximum atomic E-state index is 12.3. The molecule has 2 rings (SSSR count). The third kappa shape index (κ3) is 2.65. The van der Waals surface area contributed by atoms with Crippen LogP contribution < -0.4 is 5.32 Å². The molecule has 1 N–H and O–H groups in total. The summed E-state index contributed by atoms with van der Waals surface area (Å²) in [6.07, 6.45) is 1.89. The molecular weight excluding hydrogens is 222 g/mol. The van der Waals surface area contributed by atoms with Crippen LogP contribution in [0.4, 0.5) is 0 Å². The number of hydrogen-bond acceptors (Lipinski definition) is 4. The van der Waals surface area contributed by atoms with E-state index in [1.165, 1.54) is 0 Å². The van der Waals surface area contributed by atoms with Gasteiger partial charge in [0.15, 0.2) is 0 Å². The second-order valence-corrected chi connectivity index (χ2v) is 5.81. The largest absolute Gasteiger partial charge is 0.317 e. The van der Waals surface area contributed by atoms with Crippen LogP contribution in [0.2, 0.25) is 0 Å². The van der Waals surface area contributed by atoms with Crippen molar-refractivity contribution in [3.63, 3.8) is 0 Å². The van der Waals surface area contributed by atoms with Gasteiger partial charge in [0.1, 0.15) is 0 Å². The maximum Gasteiger partial charge on any atom is 0.219 e. The molecule has 0 saturated carbocycles. The SMILES string of the molecule is Cc1cc(C)nc([S@](=O)C2CCNCC2)n1. The average molecular weight is 239 g/mol. The average Bonchev–Trinajstić information content (AvgIpc) is 2.28. The molecule has 2 heterocycles. The zero-order valence-electron chi connectivity index (χ0n) is 9.69. The molecule has 1 aliphatic heterocycles. The zero-order valence-corrected chi connectivity index (χ0v) is 10.5. The van der Waals surface area contributed by atoms with E-state index in [1.807, 2.05) is 19.9 Å². The molecule has 1 aliphatic rings. The van der Waals surface area contributed by atoms with Crippen molar-refractivity contribution in [3.05, 3.63) is 17.5 Å². The Hall–Kier alpha value is -0.810. The van der Waals surface area contributed by atoms with Gasteiger partial charge in [-0.2, -0.15) is 0 Å². The first kappa shape index (κ1) is 11.7. The van der Waals surface area contributed by atoms with E-state index in [4.69, 9.17) is 0 Å². The summed E-state index contributed by atoms with van der Waals surface area (Å²) in [5.74, 6) is 0. The molecule has 0 radical (unpaired) electrons. The van der Waals surface area contributed by atoms with E-state index in [1.54, 1.807) is 0 Å². The summed E-state index contributed by atoms with van der Waals surface area (Å²) in [6.45, 7) is 5.72. The third-order valence-corrected chi connectivity index (χ3v) is 4.35. The number of rotatable bonds is 2. The van der Waals surface area contributed by atoms with E-state index in [0.717, 1.165) is 37.3 Å². The van der Waals surface area contributed by atoms with E-state index in [-0.39, 0.29) is 5.25 Å². The van der Waals surface area contributed by atoms with Crippen molar-refractivity contribution in [1.29, 1.82) is 0 Å². The van der Waals surface area contributed by atoms with E-state index in [2.05, 4.69) is 15.3 Å². The van der Waals surface area contributed by atoms with Crippen molar-refractivity contribution in [2.45, 2.75) is 37.1 Å². The fourth-order valence-corrected chi connectivity index (χ4v) is 3.37. The molecule has 1 atom stereocenters. The highest BCUT2D eigenvalue weighted by Crippen LogP contribution is 2.16. The first-order valence-electron chi connectivity index (χ1n) is 5.60. The van der Waals surface area contributed by atoms with Crippen LogP contribution in [0.25, 0.3) is 0 Å². The highest BCUT2D eigenvalue weighted by molar-refractivity contribution is 7.85. The zero-order chi connectivity index (χ0) is 11.5. The van der Waals surface area contributed by atoms with Crippen molar-refractivity contribution in [3.8, 4) is 0 Å². The van der Waals surface area contributed by atoms with E-state index in [9.17, 15) is 4.21 Å². The Balaban J connectivity index is 2.19. The number of piperidine rings is 1. The van der Waals surface area contributed by atoms with Crippen LogP contribution in [-0.2, 0) is 10.8 Å². The van der Waals surface area contributed by atoms with Gasteiger partial charge in [-0.1, -0.05) is 0 Å². The second kappa shape index (κ2) is 5.01. The lowest BCUT2D eigenvalue weighted by molar-refractivity contribution is 0.517. The summed E-state index contributed by atoms with van der Waals surface area (Å²) in [5.41, 5.74) is 1.79. The minimum atomic E-state index is -1.05. The minimum absolute atomic E-state index is 0.211. The van der Waals surface area contributed by atoms with Crippen molar-refractivity contribution >= 4 is 10.8 Å². The lowest BCUT2D eigenvalue weighted by atomic mass is 10.2. The Morgan fingerprint density at radius 3 is 2.38 bits per heavy atom. The van der Waals surface area contributed by atoms with Gasteiger partial charge in [-0.25, -0.2) is 9.97 Å². The summed E-state index contributed by atoms with van der Waals surface area (Å²) in [4.78, 5) is 8.55. The topological polar surface area (TPSA) is 54.9 Å². The number of aromatic nitrogens is 2. The van der Waals surface area contributed by atoms with Crippen LogP contribution in [0.3, 0.4) is 0 Å². The number of hydrogen-bond donors (Lipinski definition) is 1. The summed E-state index contributed by atoms with van der Waals surface area (Å²) < 4.78 is 12.3. The Bertz CT molecular complexity index is 382. The Labute approximate surface area is 98.3 Å². The first-order chi connectivity index (χ1) is 7.66. The fourth-order valence-electron chi connectivity index (χ4n) is 1.94. The molecule has 0 spiro atoms. The quantitative estimate of drug-likeness (QED) is 0.781. The number of nitrogens with one attached hydrogen (secondary N) is 1. The van der Waals surface area contributed by atoms with Crippen LogP contribution in [0, 0.1) is 13.8 Å². The molecule has 0 aromatic carbocycles. The van der Waals surface area contributed by atoms with Gasteiger partial charge in [-0.05, 0) is 45.8 Å². The normalized spacial score (nSPS) is 19.6. The summed E-state index contributed by atoms with van der Waals surface area (Å²) >= 11 is 0. The van der Waals surface area contributed by atoms with Gasteiger partial charge in [0.05, 0.1) is 10.8 Å². The molecule has 1 fully saturated rings. The molecule has 0 aliphatic carbocycles. The van der Waals surface area contributed by atoms with Gasteiger partial charge < -0.3 is 5.32 Å². The molecule has 0 unspecified atom stereocenters.